The predicted octanol–water partition coefficient (Wildman–Crippen LogP) is 1.96. The third kappa shape index (κ3) is 2.26. The van der Waals surface area contributed by atoms with Crippen LogP contribution in [0.15, 0.2) is 28.4 Å². The molecule has 0 amide bonds. The zero-order valence-corrected chi connectivity index (χ0v) is 9.40. The van der Waals surface area contributed by atoms with E-state index in [2.05, 4.69) is 10.2 Å². The van der Waals surface area contributed by atoms with Crippen molar-refractivity contribution in [3.63, 3.8) is 0 Å². The molecule has 0 spiro atoms. The first-order valence-corrected chi connectivity index (χ1v) is 5.14. The average Bonchev–Trinajstić information content (AvgIpc) is 2.37. The first-order valence-electron chi connectivity index (χ1n) is 5.14. The number of hydrogen-bond acceptors (Lipinski definition) is 7. The average molecular weight is 251 g/mol. The van der Waals surface area contributed by atoms with E-state index in [4.69, 9.17) is 9.47 Å². The quantitative estimate of drug-likeness (QED) is 0.464. The molecular weight excluding hydrogens is 242 g/mol. The Morgan fingerprint density at radius 3 is 3.06 bits per heavy atom. The Labute approximate surface area is 101 Å². The molecule has 0 aromatic heterocycles. The third-order valence-corrected chi connectivity index (χ3v) is 2.15. The van der Waals surface area contributed by atoms with Crippen molar-refractivity contribution >= 4 is 17.3 Å². The Bertz CT molecular complexity index is 528. The second kappa shape index (κ2) is 4.78. The molecule has 0 saturated carbocycles. The summed E-state index contributed by atoms with van der Waals surface area (Å²) in [6.45, 7) is 1.84. The van der Waals surface area contributed by atoms with Crippen molar-refractivity contribution in [3.8, 4) is 5.75 Å². The van der Waals surface area contributed by atoms with Gasteiger partial charge in [0, 0.05) is 6.07 Å². The summed E-state index contributed by atoms with van der Waals surface area (Å²) in [7, 11) is 0. The number of azo groups is 1. The molecule has 1 aliphatic rings. The van der Waals surface area contributed by atoms with Crippen molar-refractivity contribution < 1.29 is 19.2 Å². The summed E-state index contributed by atoms with van der Waals surface area (Å²) in [6.07, 6.45) is -1.21. The van der Waals surface area contributed by atoms with E-state index in [-0.39, 0.29) is 18.0 Å². The lowest BCUT2D eigenvalue weighted by Gasteiger charge is -2.17. The minimum atomic E-state index is -1.21. The van der Waals surface area contributed by atoms with E-state index < -0.39 is 17.1 Å². The number of nitrogens with zero attached hydrogens (tertiary/aromatic N) is 3. The Hall–Kier alpha value is -2.51. The van der Waals surface area contributed by atoms with Crippen LogP contribution in [0.4, 0.5) is 11.4 Å². The van der Waals surface area contributed by atoms with Crippen LogP contribution >= 0.6 is 0 Å². The highest BCUT2D eigenvalue weighted by atomic mass is 16.6. The Kier molecular flexibility index (Phi) is 3.18. The van der Waals surface area contributed by atoms with Crippen LogP contribution in [0.1, 0.15) is 6.92 Å². The summed E-state index contributed by atoms with van der Waals surface area (Å²) < 4.78 is 9.92. The molecule has 1 aliphatic heterocycles. The number of esters is 1. The maximum atomic E-state index is 11.4. The molecule has 18 heavy (non-hydrogen) atoms. The molecule has 0 unspecified atom stereocenters. The van der Waals surface area contributed by atoms with Crippen LogP contribution in [0.5, 0.6) is 5.75 Å². The molecule has 94 valence electrons. The molecule has 1 atom stereocenters. The number of carbonyl (C=O) groups is 1. The van der Waals surface area contributed by atoms with Crippen molar-refractivity contribution in [2.45, 2.75) is 13.2 Å². The van der Waals surface area contributed by atoms with Gasteiger partial charge in [0.05, 0.1) is 17.6 Å². The first-order chi connectivity index (χ1) is 8.61. The van der Waals surface area contributed by atoms with E-state index in [0.29, 0.717) is 5.69 Å². The van der Waals surface area contributed by atoms with Gasteiger partial charge in [-0.3, -0.25) is 10.1 Å². The molecule has 1 heterocycles. The number of carbonyl (C=O) groups excluding carboxylic acids is 1. The van der Waals surface area contributed by atoms with Crippen LogP contribution in [0.3, 0.4) is 0 Å². The molecule has 0 saturated heterocycles. The lowest BCUT2D eigenvalue weighted by molar-refractivity contribution is -0.384. The summed E-state index contributed by atoms with van der Waals surface area (Å²) >= 11 is 0. The highest BCUT2D eigenvalue weighted by molar-refractivity contribution is 5.75. The number of non-ortho nitro benzene ring substituents is 1. The third-order valence-electron chi connectivity index (χ3n) is 2.15. The minimum absolute atomic E-state index is 0.136. The lowest BCUT2D eigenvalue weighted by atomic mass is 10.2. The normalized spacial score (nSPS) is 16.6. The molecule has 1 aromatic rings. The summed E-state index contributed by atoms with van der Waals surface area (Å²) in [5, 5.41) is 18.0. The van der Waals surface area contributed by atoms with Crippen molar-refractivity contribution in [2.24, 2.45) is 10.2 Å². The molecule has 2 rings (SSSR count). The first kappa shape index (κ1) is 12.0. The number of benzene rings is 1. The fourth-order valence-corrected chi connectivity index (χ4v) is 1.36. The van der Waals surface area contributed by atoms with Gasteiger partial charge in [0.2, 0.25) is 0 Å². The van der Waals surface area contributed by atoms with Crippen LogP contribution in [-0.4, -0.2) is 23.7 Å². The molecular formula is C10H9N3O5. The maximum absolute atomic E-state index is 11.4. The largest absolute Gasteiger partial charge is 0.462 e. The molecule has 1 aromatic carbocycles. The van der Waals surface area contributed by atoms with Crippen molar-refractivity contribution in [1.29, 1.82) is 0 Å². The Morgan fingerprint density at radius 2 is 2.39 bits per heavy atom. The number of nitro groups is 1. The topological polar surface area (TPSA) is 103 Å². The van der Waals surface area contributed by atoms with Gasteiger partial charge in [-0.25, -0.2) is 4.79 Å². The zero-order valence-electron chi connectivity index (χ0n) is 9.40. The Morgan fingerprint density at radius 1 is 1.61 bits per heavy atom. The van der Waals surface area contributed by atoms with E-state index in [1.807, 2.05) is 0 Å². The van der Waals surface area contributed by atoms with Gasteiger partial charge in [-0.2, -0.15) is 0 Å². The van der Waals surface area contributed by atoms with Crippen LogP contribution in [0.25, 0.3) is 0 Å². The van der Waals surface area contributed by atoms with Gasteiger partial charge in [0.15, 0.2) is 5.75 Å². The second-order valence-corrected chi connectivity index (χ2v) is 3.35. The number of fused-ring (bicyclic) bond motifs is 1. The van der Waals surface area contributed by atoms with E-state index in [0.717, 1.165) is 0 Å². The van der Waals surface area contributed by atoms with E-state index in [9.17, 15) is 14.9 Å². The molecule has 0 radical (unpaired) electrons. The minimum Gasteiger partial charge on any atom is -0.462 e. The van der Waals surface area contributed by atoms with Crippen LogP contribution in [0.2, 0.25) is 0 Å². The monoisotopic (exact) mass is 251 g/mol. The van der Waals surface area contributed by atoms with E-state index in [1.54, 1.807) is 6.92 Å². The molecule has 8 heteroatoms. The molecule has 0 aliphatic carbocycles. The maximum Gasteiger partial charge on any atom is 0.372 e. The van der Waals surface area contributed by atoms with Gasteiger partial charge >= 0.3 is 12.2 Å². The molecule has 8 nitrogen and oxygen atoms in total. The van der Waals surface area contributed by atoms with Gasteiger partial charge in [0.1, 0.15) is 5.69 Å². The van der Waals surface area contributed by atoms with E-state index in [1.165, 1.54) is 18.2 Å². The van der Waals surface area contributed by atoms with Gasteiger partial charge in [-0.1, -0.05) is 0 Å². The molecule has 0 fully saturated rings. The fraction of sp³-hybridized carbons (Fsp3) is 0.300. The summed E-state index contributed by atoms with van der Waals surface area (Å²) in [4.78, 5) is 21.4. The highest BCUT2D eigenvalue weighted by Crippen LogP contribution is 2.35. The number of nitro benzene ring substituents is 1. The van der Waals surface area contributed by atoms with Crippen molar-refractivity contribution in [3.05, 3.63) is 28.3 Å². The molecule has 0 N–H and O–H groups in total. The van der Waals surface area contributed by atoms with Crippen molar-refractivity contribution in [1.82, 2.24) is 0 Å². The van der Waals surface area contributed by atoms with Gasteiger partial charge in [0.25, 0.3) is 5.69 Å². The fourth-order valence-electron chi connectivity index (χ4n) is 1.36. The summed E-state index contributed by atoms with van der Waals surface area (Å²) in [5.41, 5.74) is 0.189. The van der Waals surface area contributed by atoms with Gasteiger partial charge in [-0.15, -0.1) is 10.2 Å². The predicted molar refractivity (Wildman–Crippen MR) is 58.7 cm³/mol. The summed E-state index contributed by atoms with van der Waals surface area (Å²) in [5.74, 6) is -0.546. The van der Waals surface area contributed by atoms with Crippen LogP contribution in [-0.2, 0) is 9.53 Å². The highest BCUT2D eigenvalue weighted by Gasteiger charge is 2.27. The SMILES string of the molecule is CCOC(=O)[C@H]1N=Nc2ccc([N+](=O)[O-])cc2O1. The van der Waals surface area contributed by atoms with Crippen molar-refractivity contribution in [2.75, 3.05) is 6.61 Å². The van der Waals surface area contributed by atoms with E-state index >= 15 is 0 Å². The number of ether oxygens (including phenoxy) is 2. The van der Waals surface area contributed by atoms with Crippen LogP contribution < -0.4 is 4.74 Å². The smallest absolute Gasteiger partial charge is 0.372 e. The van der Waals surface area contributed by atoms with Gasteiger partial charge < -0.3 is 9.47 Å². The zero-order chi connectivity index (χ0) is 13.1. The standard InChI is InChI=1S/C10H9N3O5/c1-2-17-10(14)9-12-11-7-4-3-6(13(15)16)5-8(7)18-9/h3-5,9H,2H2,1H3/t9-/m0/s1. The van der Waals surface area contributed by atoms with Crippen LogP contribution in [0, 0.1) is 10.1 Å². The number of rotatable bonds is 3. The molecule has 0 bridgehead atoms. The summed E-state index contributed by atoms with van der Waals surface area (Å²) in [6, 6.07) is 3.88. The number of hydrogen-bond donors (Lipinski definition) is 0. The second-order valence-electron chi connectivity index (χ2n) is 3.35. The lowest BCUT2D eigenvalue weighted by Crippen LogP contribution is -2.28. The van der Waals surface area contributed by atoms with Gasteiger partial charge in [-0.05, 0) is 13.0 Å². The Balaban J connectivity index is 2.24.